The van der Waals surface area contributed by atoms with Crippen LogP contribution in [0.5, 0.6) is 11.5 Å². The number of phenolic OH excluding ortho intramolecular Hbond substituents is 1. The summed E-state index contributed by atoms with van der Waals surface area (Å²) in [6, 6.07) is 4.35. The number of hydrogen-bond acceptors (Lipinski definition) is 4. The molecular weight excluding hydrogens is 258 g/mol. The Kier molecular flexibility index (Phi) is 5.39. The van der Waals surface area contributed by atoms with Crippen LogP contribution < -0.4 is 10.1 Å². The molecule has 0 heterocycles. The molecular formula is C15H23NO4. The average Bonchev–Trinajstić information content (AvgIpc) is 2.36. The highest BCUT2D eigenvalue weighted by Crippen LogP contribution is 2.25. The zero-order chi connectivity index (χ0) is 15.3. The van der Waals surface area contributed by atoms with Crippen molar-refractivity contribution in [2.75, 3.05) is 13.7 Å². The Balaban J connectivity index is 2.89. The summed E-state index contributed by atoms with van der Waals surface area (Å²) in [6.07, 6.45) is 0.464. The predicted molar refractivity (Wildman–Crippen MR) is 77.1 cm³/mol. The van der Waals surface area contributed by atoms with Gasteiger partial charge in [-0.05, 0) is 24.0 Å². The summed E-state index contributed by atoms with van der Waals surface area (Å²) in [4.78, 5) is 12.2. The standard InChI is InChI=1S/C15H23NO4/c1-15(2,3)13(7-8-17)16-14(19)11-6-5-10(20-4)9-12(11)18/h5-6,9,13,17-18H,7-8H2,1-4H3,(H,16,19). The maximum Gasteiger partial charge on any atom is 0.255 e. The van der Waals surface area contributed by atoms with E-state index >= 15 is 0 Å². The minimum absolute atomic E-state index is 0.00316. The van der Waals surface area contributed by atoms with Gasteiger partial charge in [-0.3, -0.25) is 4.79 Å². The number of amides is 1. The Morgan fingerprint density at radius 2 is 2.05 bits per heavy atom. The summed E-state index contributed by atoms with van der Waals surface area (Å²) in [7, 11) is 1.49. The van der Waals surface area contributed by atoms with Crippen molar-refractivity contribution >= 4 is 5.91 Å². The quantitative estimate of drug-likeness (QED) is 0.770. The maximum atomic E-state index is 12.2. The SMILES string of the molecule is COc1ccc(C(=O)NC(CCO)C(C)(C)C)c(O)c1. The van der Waals surface area contributed by atoms with Crippen LogP contribution in [0, 0.1) is 5.41 Å². The first kappa shape index (κ1) is 16.3. The van der Waals surface area contributed by atoms with Crippen LogP contribution in [0.25, 0.3) is 0 Å². The lowest BCUT2D eigenvalue weighted by Crippen LogP contribution is -2.44. The van der Waals surface area contributed by atoms with Gasteiger partial charge in [0.25, 0.3) is 5.91 Å². The van der Waals surface area contributed by atoms with E-state index in [0.717, 1.165) is 0 Å². The Labute approximate surface area is 119 Å². The van der Waals surface area contributed by atoms with E-state index in [-0.39, 0.29) is 35.3 Å². The Morgan fingerprint density at radius 1 is 1.40 bits per heavy atom. The molecule has 0 spiro atoms. The number of aliphatic hydroxyl groups excluding tert-OH is 1. The molecule has 0 radical (unpaired) electrons. The number of aliphatic hydroxyl groups is 1. The van der Waals surface area contributed by atoms with E-state index in [2.05, 4.69) is 5.32 Å². The van der Waals surface area contributed by atoms with Gasteiger partial charge in [0, 0.05) is 18.7 Å². The van der Waals surface area contributed by atoms with Crippen molar-refractivity contribution in [3.05, 3.63) is 23.8 Å². The molecule has 1 unspecified atom stereocenters. The van der Waals surface area contributed by atoms with Crippen molar-refractivity contribution in [3.8, 4) is 11.5 Å². The van der Waals surface area contributed by atoms with Gasteiger partial charge in [0.05, 0.1) is 12.7 Å². The lowest BCUT2D eigenvalue weighted by atomic mass is 9.84. The van der Waals surface area contributed by atoms with Gasteiger partial charge in [-0.1, -0.05) is 20.8 Å². The average molecular weight is 281 g/mol. The second kappa shape index (κ2) is 6.61. The monoisotopic (exact) mass is 281 g/mol. The second-order valence-electron chi connectivity index (χ2n) is 5.79. The molecule has 1 amide bonds. The molecule has 0 aromatic heterocycles. The number of nitrogens with one attached hydrogen (secondary N) is 1. The molecule has 0 saturated carbocycles. The summed E-state index contributed by atoms with van der Waals surface area (Å²) >= 11 is 0. The Bertz CT molecular complexity index is 465. The molecule has 0 aliphatic rings. The van der Waals surface area contributed by atoms with E-state index in [0.29, 0.717) is 12.2 Å². The first-order valence-electron chi connectivity index (χ1n) is 6.58. The molecule has 1 aromatic carbocycles. The Morgan fingerprint density at radius 3 is 2.50 bits per heavy atom. The molecule has 0 aliphatic carbocycles. The molecule has 1 aromatic rings. The van der Waals surface area contributed by atoms with Crippen molar-refractivity contribution < 1.29 is 19.7 Å². The molecule has 1 atom stereocenters. The molecule has 0 saturated heterocycles. The number of benzene rings is 1. The molecule has 0 bridgehead atoms. The molecule has 0 aliphatic heterocycles. The fourth-order valence-corrected chi connectivity index (χ4v) is 1.92. The number of ether oxygens (including phenoxy) is 1. The number of carbonyl (C=O) groups excluding carboxylic acids is 1. The van der Waals surface area contributed by atoms with Gasteiger partial charge >= 0.3 is 0 Å². The molecule has 0 fully saturated rings. The zero-order valence-electron chi connectivity index (χ0n) is 12.4. The topological polar surface area (TPSA) is 78.8 Å². The summed E-state index contributed by atoms with van der Waals surface area (Å²) in [5.41, 5.74) is 0.0125. The van der Waals surface area contributed by atoms with E-state index in [9.17, 15) is 9.90 Å². The lowest BCUT2D eigenvalue weighted by molar-refractivity contribution is 0.0882. The van der Waals surface area contributed by atoms with Crippen LogP contribution in [0.4, 0.5) is 0 Å². The van der Waals surface area contributed by atoms with Crippen molar-refractivity contribution in [3.63, 3.8) is 0 Å². The molecule has 5 heteroatoms. The summed E-state index contributed by atoms with van der Waals surface area (Å²) in [5.74, 6) is -0.00110. The first-order valence-corrected chi connectivity index (χ1v) is 6.58. The number of aromatic hydroxyl groups is 1. The second-order valence-corrected chi connectivity index (χ2v) is 5.79. The van der Waals surface area contributed by atoms with Crippen molar-refractivity contribution in [2.24, 2.45) is 5.41 Å². The van der Waals surface area contributed by atoms with Crippen molar-refractivity contribution in [1.29, 1.82) is 0 Å². The number of methoxy groups -OCH3 is 1. The van der Waals surface area contributed by atoms with Crippen LogP contribution in [0.2, 0.25) is 0 Å². The van der Waals surface area contributed by atoms with Gasteiger partial charge in [-0.15, -0.1) is 0 Å². The maximum absolute atomic E-state index is 12.2. The van der Waals surface area contributed by atoms with E-state index < -0.39 is 0 Å². The molecule has 1 rings (SSSR count). The zero-order valence-corrected chi connectivity index (χ0v) is 12.4. The van der Waals surface area contributed by atoms with E-state index in [4.69, 9.17) is 9.84 Å². The largest absolute Gasteiger partial charge is 0.507 e. The van der Waals surface area contributed by atoms with Crippen LogP contribution >= 0.6 is 0 Å². The number of carbonyl (C=O) groups is 1. The van der Waals surface area contributed by atoms with Gasteiger partial charge in [0.1, 0.15) is 11.5 Å². The van der Waals surface area contributed by atoms with Crippen LogP contribution in [0.15, 0.2) is 18.2 Å². The van der Waals surface area contributed by atoms with Gasteiger partial charge in [-0.2, -0.15) is 0 Å². The highest BCUT2D eigenvalue weighted by Gasteiger charge is 2.26. The Hall–Kier alpha value is -1.75. The van der Waals surface area contributed by atoms with Crippen molar-refractivity contribution in [2.45, 2.75) is 33.2 Å². The van der Waals surface area contributed by atoms with Crippen LogP contribution in [0.1, 0.15) is 37.6 Å². The number of phenols is 1. The van der Waals surface area contributed by atoms with Crippen LogP contribution in [-0.2, 0) is 0 Å². The van der Waals surface area contributed by atoms with Gasteiger partial charge < -0.3 is 20.3 Å². The summed E-state index contributed by atoms with van der Waals surface area (Å²) < 4.78 is 4.98. The fraction of sp³-hybridized carbons (Fsp3) is 0.533. The summed E-state index contributed by atoms with van der Waals surface area (Å²) in [6.45, 7) is 5.96. The summed E-state index contributed by atoms with van der Waals surface area (Å²) in [5, 5.41) is 21.8. The molecule has 112 valence electrons. The van der Waals surface area contributed by atoms with E-state index in [1.807, 2.05) is 20.8 Å². The predicted octanol–water partition coefficient (Wildman–Crippen LogP) is 1.93. The fourth-order valence-electron chi connectivity index (χ4n) is 1.92. The van der Waals surface area contributed by atoms with Gasteiger partial charge in [-0.25, -0.2) is 0 Å². The van der Waals surface area contributed by atoms with E-state index in [1.165, 1.54) is 19.2 Å². The van der Waals surface area contributed by atoms with Gasteiger partial charge in [0.15, 0.2) is 0 Å². The third kappa shape index (κ3) is 4.13. The lowest BCUT2D eigenvalue weighted by Gasteiger charge is -2.31. The third-order valence-electron chi connectivity index (χ3n) is 3.22. The number of hydrogen-bond donors (Lipinski definition) is 3. The number of rotatable bonds is 5. The minimum Gasteiger partial charge on any atom is -0.507 e. The minimum atomic E-state index is -0.362. The van der Waals surface area contributed by atoms with E-state index in [1.54, 1.807) is 6.07 Å². The van der Waals surface area contributed by atoms with Crippen molar-refractivity contribution in [1.82, 2.24) is 5.32 Å². The normalized spacial score (nSPS) is 12.8. The van der Waals surface area contributed by atoms with Gasteiger partial charge in [0.2, 0.25) is 0 Å². The van der Waals surface area contributed by atoms with Crippen LogP contribution in [0.3, 0.4) is 0 Å². The van der Waals surface area contributed by atoms with Crippen LogP contribution in [-0.4, -0.2) is 35.9 Å². The highest BCUT2D eigenvalue weighted by molar-refractivity contribution is 5.97. The molecule has 5 nitrogen and oxygen atoms in total. The first-order chi connectivity index (χ1) is 9.29. The highest BCUT2D eigenvalue weighted by atomic mass is 16.5. The smallest absolute Gasteiger partial charge is 0.255 e. The molecule has 3 N–H and O–H groups in total. The molecule has 20 heavy (non-hydrogen) atoms. The third-order valence-corrected chi connectivity index (χ3v) is 3.22.